The maximum absolute atomic E-state index is 12.3. The third-order valence-electron chi connectivity index (χ3n) is 5.01. The third kappa shape index (κ3) is 5.52. The van der Waals surface area contributed by atoms with E-state index in [4.69, 9.17) is 9.47 Å². The number of benzene rings is 1. The molecule has 0 aromatic heterocycles. The highest BCUT2D eigenvalue weighted by Crippen LogP contribution is 2.32. The van der Waals surface area contributed by atoms with Crippen molar-refractivity contribution in [3.8, 4) is 11.5 Å². The molecule has 2 aliphatic rings. The van der Waals surface area contributed by atoms with Gasteiger partial charge in [-0.3, -0.25) is 9.79 Å². The molecule has 2 N–H and O–H groups in total. The highest BCUT2D eigenvalue weighted by molar-refractivity contribution is 5.81. The Balaban J connectivity index is 1.35. The van der Waals surface area contributed by atoms with Crippen LogP contribution < -0.4 is 20.1 Å². The number of hydrogen-bond donors (Lipinski definition) is 2. The first-order valence-corrected chi connectivity index (χ1v) is 9.76. The normalized spacial score (nSPS) is 19.1. The number of piperidine rings is 1. The lowest BCUT2D eigenvalue weighted by molar-refractivity contribution is -0.132. The fraction of sp³-hybridized carbons (Fsp3) is 0.600. The van der Waals surface area contributed by atoms with E-state index in [1.54, 1.807) is 7.05 Å². The monoisotopic (exact) mass is 374 g/mol. The standard InChI is InChI=1S/C20H30N4O3/c1-15-4-3-11-24(13-15)19(25)8-10-23-20(21-2)22-9-7-16-5-6-17-18(12-16)27-14-26-17/h5-6,12,15H,3-4,7-11,13-14H2,1-2H3,(H2,21,22,23). The van der Waals surface area contributed by atoms with E-state index >= 15 is 0 Å². The number of fused-ring (bicyclic) bond motifs is 1. The van der Waals surface area contributed by atoms with Gasteiger partial charge >= 0.3 is 0 Å². The van der Waals surface area contributed by atoms with Crippen LogP contribution in [0.3, 0.4) is 0 Å². The maximum atomic E-state index is 12.3. The van der Waals surface area contributed by atoms with Crippen molar-refractivity contribution >= 4 is 11.9 Å². The van der Waals surface area contributed by atoms with E-state index < -0.39 is 0 Å². The van der Waals surface area contributed by atoms with Crippen LogP contribution in [0.4, 0.5) is 0 Å². The van der Waals surface area contributed by atoms with Gasteiger partial charge in [0.15, 0.2) is 17.5 Å². The van der Waals surface area contributed by atoms with Crippen LogP contribution in [-0.2, 0) is 11.2 Å². The predicted octanol–water partition coefficient (Wildman–Crippen LogP) is 1.77. The van der Waals surface area contributed by atoms with Crippen LogP contribution >= 0.6 is 0 Å². The number of aliphatic imine (C=N–C) groups is 1. The molecule has 1 unspecified atom stereocenters. The Hall–Kier alpha value is -2.44. The zero-order valence-electron chi connectivity index (χ0n) is 16.3. The predicted molar refractivity (Wildman–Crippen MR) is 105 cm³/mol. The molecule has 2 aliphatic heterocycles. The molecule has 1 atom stereocenters. The number of hydrogen-bond acceptors (Lipinski definition) is 4. The minimum atomic E-state index is 0.227. The van der Waals surface area contributed by atoms with E-state index in [2.05, 4.69) is 22.5 Å². The molecule has 0 spiro atoms. The lowest BCUT2D eigenvalue weighted by atomic mass is 10.00. The van der Waals surface area contributed by atoms with Gasteiger partial charge in [0.25, 0.3) is 0 Å². The molecule has 1 fully saturated rings. The molecule has 1 saturated heterocycles. The molecule has 0 aliphatic carbocycles. The zero-order valence-corrected chi connectivity index (χ0v) is 16.3. The molecule has 0 radical (unpaired) electrons. The van der Waals surface area contributed by atoms with E-state index in [1.807, 2.05) is 23.1 Å². The van der Waals surface area contributed by atoms with E-state index in [0.29, 0.717) is 25.7 Å². The Morgan fingerprint density at radius 1 is 1.26 bits per heavy atom. The van der Waals surface area contributed by atoms with Gasteiger partial charge in [-0.2, -0.15) is 0 Å². The highest BCUT2D eigenvalue weighted by Gasteiger charge is 2.20. The van der Waals surface area contributed by atoms with E-state index in [0.717, 1.165) is 49.9 Å². The lowest BCUT2D eigenvalue weighted by Gasteiger charge is -2.31. The molecule has 3 rings (SSSR count). The summed E-state index contributed by atoms with van der Waals surface area (Å²) < 4.78 is 10.7. The second-order valence-electron chi connectivity index (χ2n) is 7.20. The number of amides is 1. The summed E-state index contributed by atoms with van der Waals surface area (Å²) in [7, 11) is 1.74. The molecule has 148 valence electrons. The molecule has 1 amide bonds. The second-order valence-corrected chi connectivity index (χ2v) is 7.20. The Morgan fingerprint density at radius 3 is 2.89 bits per heavy atom. The van der Waals surface area contributed by atoms with E-state index in [-0.39, 0.29) is 5.91 Å². The van der Waals surface area contributed by atoms with Gasteiger partial charge in [0, 0.05) is 39.6 Å². The zero-order chi connectivity index (χ0) is 19.1. The van der Waals surface area contributed by atoms with Crippen molar-refractivity contribution in [2.45, 2.75) is 32.6 Å². The largest absolute Gasteiger partial charge is 0.454 e. The van der Waals surface area contributed by atoms with Crippen LogP contribution in [0.15, 0.2) is 23.2 Å². The molecule has 0 saturated carbocycles. The molecule has 0 bridgehead atoms. The smallest absolute Gasteiger partial charge is 0.231 e. The number of likely N-dealkylation sites (tertiary alicyclic amines) is 1. The molecule has 7 heteroatoms. The summed E-state index contributed by atoms with van der Waals surface area (Å²) in [6.07, 6.45) is 3.68. The molecule has 7 nitrogen and oxygen atoms in total. The summed E-state index contributed by atoms with van der Waals surface area (Å²) in [6, 6.07) is 6.00. The van der Waals surface area contributed by atoms with E-state index in [1.165, 1.54) is 12.0 Å². The highest BCUT2D eigenvalue weighted by atomic mass is 16.7. The Morgan fingerprint density at radius 2 is 2.07 bits per heavy atom. The Bertz CT molecular complexity index is 677. The summed E-state index contributed by atoms with van der Waals surface area (Å²) in [5, 5.41) is 6.51. The van der Waals surface area contributed by atoms with Gasteiger partial charge < -0.3 is 25.0 Å². The first-order valence-electron chi connectivity index (χ1n) is 9.76. The summed E-state index contributed by atoms with van der Waals surface area (Å²) >= 11 is 0. The van der Waals surface area contributed by atoms with Crippen molar-refractivity contribution in [1.82, 2.24) is 15.5 Å². The minimum Gasteiger partial charge on any atom is -0.454 e. The maximum Gasteiger partial charge on any atom is 0.231 e. The average molecular weight is 374 g/mol. The fourth-order valence-corrected chi connectivity index (χ4v) is 3.50. The molecular formula is C20H30N4O3. The van der Waals surface area contributed by atoms with Gasteiger partial charge in [-0.15, -0.1) is 0 Å². The van der Waals surface area contributed by atoms with Crippen LogP contribution in [0.1, 0.15) is 31.7 Å². The summed E-state index contributed by atoms with van der Waals surface area (Å²) in [6.45, 7) is 5.63. The molecule has 1 aromatic rings. The number of nitrogens with zero attached hydrogens (tertiary/aromatic N) is 2. The topological polar surface area (TPSA) is 75.2 Å². The number of guanidine groups is 1. The van der Waals surface area contributed by atoms with Crippen LogP contribution in [0.5, 0.6) is 11.5 Å². The third-order valence-corrected chi connectivity index (χ3v) is 5.01. The number of carbonyl (C=O) groups excluding carboxylic acids is 1. The molecular weight excluding hydrogens is 344 g/mol. The number of nitrogens with one attached hydrogen (secondary N) is 2. The van der Waals surface area contributed by atoms with Gasteiger partial charge in [0.1, 0.15) is 0 Å². The van der Waals surface area contributed by atoms with Gasteiger partial charge in [-0.05, 0) is 42.9 Å². The molecule has 27 heavy (non-hydrogen) atoms. The number of rotatable bonds is 6. The summed E-state index contributed by atoms with van der Waals surface area (Å²) in [4.78, 5) is 18.5. The van der Waals surface area contributed by atoms with Crippen molar-refractivity contribution in [3.63, 3.8) is 0 Å². The van der Waals surface area contributed by atoms with E-state index in [9.17, 15) is 4.79 Å². The van der Waals surface area contributed by atoms with Crippen LogP contribution in [0, 0.1) is 5.92 Å². The SMILES string of the molecule is CN=C(NCCC(=O)N1CCCC(C)C1)NCCc1ccc2c(c1)OCO2. The Labute approximate surface area is 161 Å². The summed E-state index contributed by atoms with van der Waals surface area (Å²) in [5.74, 6) is 3.17. The van der Waals surface area contributed by atoms with Gasteiger partial charge in [-0.25, -0.2) is 0 Å². The van der Waals surface area contributed by atoms with Gasteiger partial charge in [0.2, 0.25) is 12.7 Å². The Kier molecular flexibility index (Phi) is 6.79. The second kappa shape index (κ2) is 9.48. The first kappa shape index (κ1) is 19.3. The van der Waals surface area contributed by atoms with Crippen molar-refractivity contribution in [3.05, 3.63) is 23.8 Å². The quantitative estimate of drug-likeness (QED) is 0.586. The van der Waals surface area contributed by atoms with Crippen molar-refractivity contribution in [1.29, 1.82) is 0 Å². The number of carbonyl (C=O) groups is 1. The average Bonchev–Trinajstić information content (AvgIpc) is 3.14. The van der Waals surface area contributed by atoms with Crippen molar-refractivity contribution < 1.29 is 14.3 Å². The van der Waals surface area contributed by atoms with Crippen molar-refractivity contribution in [2.75, 3.05) is 40.0 Å². The summed E-state index contributed by atoms with van der Waals surface area (Å²) in [5.41, 5.74) is 1.18. The molecule has 1 aromatic carbocycles. The molecule has 2 heterocycles. The van der Waals surface area contributed by atoms with Gasteiger partial charge in [-0.1, -0.05) is 13.0 Å². The van der Waals surface area contributed by atoms with Crippen LogP contribution in [-0.4, -0.2) is 56.8 Å². The lowest BCUT2D eigenvalue weighted by Crippen LogP contribution is -2.42. The number of ether oxygens (including phenoxy) is 2. The fourth-order valence-electron chi connectivity index (χ4n) is 3.50. The van der Waals surface area contributed by atoms with Gasteiger partial charge in [0.05, 0.1) is 0 Å². The first-order chi connectivity index (χ1) is 13.2. The van der Waals surface area contributed by atoms with Crippen LogP contribution in [0.2, 0.25) is 0 Å². The minimum absolute atomic E-state index is 0.227. The van der Waals surface area contributed by atoms with Crippen molar-refractivity contribution in [2.24, 2.45) is 10.9 Å². The van der Waals surface area contributed by atoms with Crippen LogP contribution in [0.25, 0.3) is 0 Å².